The second kappa shape index (κ2) is 11.9. The number of nitrogens with zero attached hydrogens (tertiary/aromatic N) is 1. The first kappa shape index (κ1) is 22.5. The largest absolute Gasteiger partial charge is 0.361 e. The number of carbonyl (C=O) groups is 2. The maximum absolute atomic E-state index is 12.2. The highest BCUT2D eigenvalue weighted by Crippen LogP contribution is 2.34. The minimum absolute atomic E-state index is 0.0266. The van der Waals surface area contributed by atoms with Crippen molar-refractivity contribution in [2.24, 2.45) is 5.92 Å². The molecule has 0 unspecified atom stereocenters. The molecule has 1 aliphatic rings. The fourth-order valence-electron chi connectivity index (χ4n) is 2.96. The predicted molar refractivity (Wildman–Crippen MR) is 119 cm³/mol. The number of benzene rings is 1. The lowest BCUT2D eigenvalue weighted by atomic mass is 10.0. The quantitative estimate of drug-likeness (QED) is 0.322. The summed E-state index contributed by atoms with van der Waals surface area (Å²) in [4.78, 5) is 27.1. The van der Waals surface area contributed by atoms with Crippen molar-refractivity contribution >= 4 is 46.6 Å². The van der Waals surface area contributed by atoms with Gasteiger partial charge in [0, 0.05) is 24.4 Å². The molecule has 0 spiro atoms. The molecule has 0 saturated carbocycles. The summed E-state index contributed by atoms with van der Waals surface area (Å²) in [6.07, 6.45) is 5.08. The number of amides is 2. The Morgan fingerprint density at radius 3 is 2.86 bits per heavy atom. The van der Waals surface area contributed by atoms with E-state index in [1.165, 1.54) is 37.4 Å². The van der Waals surface area contributed by atoms with E-state index in [2.05, 4.69) is 30.0 Å². The molecule has 2 rings (SSSR count). The van der Waals surface area contributed by atoms with Crippen molar-refractivity contribution in [3.05, 3.63) is 24.3 Å². The van der Waals surface area contributed by atoms with E-state index in [-0.39, 0.29) is 18.2 Å². The van der Waals surface area contributed by atoms with Gasteiger partial charge in [-0.15, -0.1) is 11.8 Å². The third-order valence-electron chi connectivity index (χ3n) is 4.60. The van der Waals surface area contributed by atoms with Crippen molar-refractivity contribution in [1.82, 2.24) is 16.2 Å². The van der Waals surface area contributed by atoms with Gasteiger partial charge in [0.05, 0.1) is 11.4 Å². The molecule has 28 heavy (non-hydrogen) atoms. The molecule has 0 bridgehead atoms. The van der Waals surface area contributed by atoms with E-state index >= 15 is 0 Å². The summed E-state index contributed by atoms with van der Waals surface area (Å²) in [5.74, 6) is 0.758. The molecule has 6 nitrogen and oxygen atoms in total. The first-order valence-corrected chi connectivity index (χ1v) is 11.3. The van der Waals surface area contributed by atoms with Gasteiger partial charge in [-0.1, -0.05) is 45.2 Å². The van der Waals surface area contributed by atoms with Gasteiger partial charge in [-0.25, -0.2) is 0 Å². The van der Waals surface area contributed by atoms with Gasteiger partial charge < -0.3 is 10.2 Å². The molecule has 1 aromatic rings. The number of nitrogens with one attached hydrogen (secondary N) is 3. The predicted octanol–water partition coefficient (Wildman–Crippen LogP) is 3.23. The normalized spacial score (nSPS) is 14.2. The molecule has 0 saturated heterocycles. The van der Waals surface area contributed by atoms with Crippen LogP contribution in [0.5, 0.6) is 0 Å². The number of fused-ring (bicyclic) bond motifs is 1. The Kier molecular flexibility index (Phi) is 9.57. The molecule has 154 valence electrons. The van der Waals surface area contributed by atoms with E-state index in [0.717, 1.165) is 17.1 Å². The van der Waals surface area contributed by atoms with E-state index < -0.39 is 0 Å². The third kappa shape index (κ3) is 7.31. The first-order valence-electron chi connectivity index (χ1n) is 9.86. The summed E-state index contributed by atoms with van der Waals surface area (Å²) in [6, 6.07) is 7.76. The van der Waals surface area contributed by atoms with Crippen LogP contribution in [-0.2, 0) is 9.59 Å². The van der Waals surface area contributed by atoms with Crippen LogP contribution in [0.1, 0.15) is 46.0 Å². The average molecular weight is 423 g/mol. The number of anilines is 1. The van der Waals surface area contributed by atoms with Crippen molar-refractivity contribution in [3.63, 3.8) is 0 Å². The number of thioether (sulfide) groups is 1. The molecule has 1 atom stereocenters. The van der Waals surface area contributed by atoms with Crippen LogP contribution < -0.4 is 21.1 Å². The zero-order valence-corrected chi connectivity index (χ0v) is 18.3. The molecule has 8 heteroatoms. The van der Waals surface area contributed by atoms with Crippen LogP contribution in [0.4, 0.5) is 5.69 Å². The van der Waals surface area contributed by atoms with Gasteiger partial charge in [0.2, 0.25) is 11.8 Å². The summed E-state index contributed by atoms with van der Waals surface area (Å²) >= 11 is 6.74. The van der Waals surface area contributed by atoms with Crippen LogP contribution in [0.2, 0.25) is 0 Å². The van der Waals surface area contributed by atoms with Gasteiger partial charge in [0.25, 0.3) is 0 Å². The Bertz CT molecular complexity index is 684. The zero-order valence-electron chi connectivity index (χ0n) is 16.6. The highest BCUT2D eigenvalue weighted by Gasteiger charge is 2.24. The van der Waals surface area contributed by atoms with Gasteiger partial charge in [0.15, 0.2) is 5.11 Å². The van der Waals surface area contributed by atoms with Crippen LogP contribution in [0, 0.1) is 5.92 Å². The molecular formula is C20H30N4O2S2. The molecule has 2 amide bonds. The summed E-state index contributed by atoms with van der Waals surface area (Å²) in [6.45, 7) is 5.51. The number of hydrazine groups is 1. The number of unbranched alkanes of at least 4 members (excludes halogenated alkanes) is 2. The van der Waals surface area contributed by atoms with Crippen molar-refractivity contribution in [1.29, 1.82) is 0 Å². The van der Waals surface area contributed by atoms with E-state index in [0.29, 0.717) is 23.3 Å². The van der Waals surface area contributed by atoms with Crippen molar-refractivity contribution in [2.45, 2.75) is 50.8 Å². The molecule has 0 aromatic heterocycles. The van der Waals surface area contributed by atoms with Crippen LogP contribution in [0.3, 0.4) is 0 Å². The van der Waals surface area contributed by atoms with Crippen molar-refractivity contribution in [2.75, 3.05) is 23.7 Å². The van der Waals surface area contributed by atoms with Crippen LogP contribution in [0.25, 0.3) is 0 Å². The fourth-order valence-corrected chi connectivity index (χ4v) is 4.03. The first-order chi connectivity index (χ1) is 13.5. The van der Waals surface area contributed by atoms with Gasteiger partial charge in [-0.05, 0) is 36.7 Å². The highest BCUT2D eigenvalue weighted by atomic mass is 32.2. The molecule has 3 N–H and O–H groups in total. The maximum Gasteiger partial charge on any atom is 0.240 e. The highest BCUT2D eigenvalue weighted by molar-refractivity contribution is 8.00. The van der Waals surface area contributed by atoms with Crippen LogP contribution in [0.15, 0.2) is 29.2 Å². The van der Waals surface area contributed by atoms with Crippen LogP contribution >= 0.6 is 24.0 Å². The number of hydrogen-bond acceptors (Lipinski definition) is 4. The lowest BCUT2D eigenvalue weighted by Crippen LogP contribution is -2.48. The topological polar surface area (TPSA) is 73.5 Å². The van der Waals surface area contributed by atoms with Crippen LogP contribution in [-0.4, -0.2) is 35.8 Å². The molecule has 1 aromatic carbocycles. The SMILES string of the molecule is CCCCC[C@@H](C)CNC(=S)NNC(=O)CCN1C(=O)CSc2ccccc21. The molecule has 1 heterocycles. The zero-order chi connectivity index (χ0) is 20.4. The molecule has 0 radical (unpaired) electrons. The minimum atomic E-state index is -0.205. The maximum atomic E-state index is 12.2. The molecular weight excluding hydrogens is 392 g/mol. The van der Waals surface area contributed by atoms with Crippen molar-refractivity contribution < 1.29 is 9.59 Å². The van der Waals surface area contributed by atoms with E-state index in [1.54, 1.807) is 4.90 Å². The standard InChI is InChI=1S/C20H30N4O2S2/c1-3-4-5-8-15(2)13-21-20(27)23-22-18(25)11-12-24-16-9-6-7-10-17(16)28-14-19(24)26/h6-7,9-10,15H,3-5,8,11-14H2,1-2H3,(H,22,25)(H2,21,23,27)/t15-/m1/s1. The lowest BCUT2D eigenvalue weighted by Gasteiger charge is -2.28. The second-order valence-electron chi connectivity index (χ2n) is 7.04. The second-order valence-corrected chi connectivity index (χ2v) is 8.46. The number of rotatable bonds is 9. The number of para-hydroxylation sites is 1. The van der Waals surface area contributed by atoms with E-state index in [1.807, 2.05) is 24.3 Å². The van der Waals surface area contributed by atoms with Gasteiger partial charge >= 0.3 is 0 Å². The Hall–Kier alpha value is -1.80. The molecule has 0 fully saturated rings. The fraction of sp³-hybridized carbons (Fsp3) is 0.550. The Balaban J connectivity index is 1.67. The Labute approximate surface area is 177 Å². The summed E-state index contributed by atoms with van der Waals surface area (Å²) < 4.78 is 0. The van der Waals surface area contributed by atoms with Gasteiger partial charge in [-0.3, -0.25) is 20.4 Å². The minimum Gasteiger partial charge on any atom is -0.361 e. The van der Waals surface area contributed by atoms with Gasteiger partial charge in [-0.2, -0.15) is 0 Å². The Morgan fingerprint density at radius 2 is 2.07 bits per heavy atom. The third-order valence-corrected chi connectivity index (χ3v) is 5.89. The molecule has 0 aliphatic carbocycles. The lowest BCUT2D eigenvalue weighted by molar-refractivity contribution is -0.121. The number of thiocarbonyl (C=S) groups is 1. The summed E-state index contributed by atoms with van der Waals surface area (Å²) in [7, 11) is 0. The average Bonchev–Trinajstić information content (AvgIpc) is 2.70. The monoisotopic (exact) mass is 422 g/mol. The van der Waals surface area contributed by atoms with E-state index in [9.17, 15) is 9.59 Å². The van der Waals surface area contributed by atoms with E-state index in [4.69, 9.17) is 12.2 Å². The number of carbonyl (C=O) groups excluding carboxylic acids is 2. The molecule has 1 aliphatic heterocycles. The summed E-state index contributed by atoms with van der Waals surface area (Å²) in [5.41, 5.74) is 6.21. The summed E-state index contributed by atoms with van der Waals surface area (Å²) in [5, 5.41) is 3.54. The van der Waals surface area contributed by atoms with Gasteiger partial charge in [0.1, 0.15) is 0 Å². The smallest absolute Gasteiger partial charge is 0.240 e. The Morgan fingerprint density at radius 1 is 1.29 bits per heavy atom. The number of hydrogen-bond donors (Lipinski definition) is 3. The van der Waals surface area contributed by atoms with Crippen molar-refractivity contribution in [3.8, 4) is 0 Å².